The number of hydrogen-bond donors (Lipinski definition) is 2. The van der Waals surface area contributed by atoms with Crippen LogP contribution in [0.15, 0.2) is 4.99 Å². The molecule has 2 aliphatic rings. The number of nitrogens with one attached hydrogen (secondary N) is 2. The Labute approximate surface area is 197 Å². The second kappa shape index (κ2) is 11.9. The summed E-state index contributed by atoms with van der Waals surface area (Å²) >= 11 is 0. The minimum absolute atomic E-state index is 0. The molecule has 0 aromatic carbocycles. The molecule has 30 heavy (non-hydrogen) atoms. The van der Waals surface area contributed by atoms with E-state index in [1.165, 1.54) is 11.3 Å². The van der Waals surface area contributed by atoms with Gasteiger partial charge in [0.05, 0.1) is 18.8 Å². The van der Waals surface area contributed by atoms with E-state index >= 15 is 0 Å². The third-order valence-electron chi connectivity index (χ3n) is 5.73. The molecule has 1 aliphatic carbocycles. The van der Waals surface area contributed by atoms with Crippen molar-refractivity contribution in [3.8, 4) is 0 Å². The number of carbonyl (C=O) groups is 1. The normalized spacial score (nSPS) is 17.6. The van der Waals surface area contributed by atoms with Crippen molar-refractivity contribution in [2.75, 3.05) is 39.3 Å². The number of piperazine rings is 1. The van der Waals surface area contributed by atoms with Gasteiger partial charge < -0.3 is 15.5 Å². The van der Waals surface area contributed by atoms with Gasteiger partial charge in [-0.05, 0) is 32.6 Å². The van der Waals surface area contributed by atoms with Crippen LogP contribution >= 0.6 is 24.0 Å². The Morgan fingerprint density at radius 1 is 1.13 bits per heavy atom. The molecule has 1 aliphatic heterocycles. The van der Waals surface area contributed by atoms with Gasteiger partial charge in [0.2, 0.25) is 5.91 Å². The van der Waals surface area contributed by atoms with Gasteiger partial charge >= 0.3 is 0 Å². The van der Waals surface area contributed by atoms with Gasteiger partial charge in [0, 0.05) is 57.1 Å². The monoisotopic (exact) mass is 531 g/mol. The Balaban J connectivity index is 0.00000320. The molecular formula is C21H38IN7O. The third-order valence-corrected chi connectivity index (χ3v) is 5.73. The van der Waals surface area contributed by atoms with Gasteiger partial charge in [-0.15, -0.1) is 24.0 Å². The summed E-state index contributed by atoms with van der Waals surface area (Å²) in [5.41, 5.74) is 3.69. The Morgan fingerprint density at radius 3 is 2.40 bits per heavy atom. The predicted octanol–water partition coefficient (Wildman–Crippen LogP) is 1.52. The molecule has 0 radical (unpaired) electrons. The quantitative estimate of drug-likeness (QED) is 0.302. The van der Waals surface area contributed by atoms with Crippen LogP contribution in [0.25, 0.3) is 0 Å². The summed E-state index contributed by atoms with van der Waals surface area (Å²) in [4.78, 5) is 21.6. The highest BCUT2D eigenvalue weighted by atomic mass is 127. The van der Waals surface area contributed by atoms with Crippen molar-refractivity contribution in [3.05, 3.63) is 17.0 Å². The topological polar surface area (TPSA) is 77.8 Å². The maximum Gasteiger partial charge on any atom is 0.234 e. The van der Waals surface area contributed by atoms with E-state index in [1.54, 1.807) is 0 Å². The molecule has 3 rings (SSSR count). The number of halogens is 1. The van der Waals surface area contributed by atoms with Crippen LogP contribution < -0.4 is 10.6 Å². The van der Waals surface area contributed by atoms with Crippen molar-refractivity contribution in [1.82, 2.24) is 30.2 Å². The fourth-order valence-electron chi connectivity index (χ4n) is 3.97. The summed E-state index contributed by atoms with van der Waals surface area (Å²) in [7, 11) is 2.02. The fraction of sp³-hybridized carbons (Fsp3) is 0.762. The lowest BCUT2D eigenvalue weighted by molar-refractivity contribution is -0.122. The first-order chi connectivity index (χ1) is 14.0. The first-order valence-electron chi connectivity index (χ1n) is 11.1. The Kier molecular flexibility index (Phi) is 9.86. The number of amides is 1. The van der Waals surface area contributed by atoms with E-state index in [0.29, 0.717) is 19.1 Å². The lowest BCUT2D eigenvalue weighted by atomic mass is 10.1. The molecule has 2 fully saturated rings. The highest BCUT2D eigenvalue weighted by Crippen LogP contribution is 2.19. The number of guanidine groups is 1. The van der Waals surface area contributed by atoms with Crippen LogP contribution in [-0.2, 0) is 31.2 Å². The predicted molar refractivity (Wildman–Crippen MR) is 131 cm³/mol. The SMILES string of the molecule is CCNC(=NCc1c(CC)nn(C)c1CC)N1CCN(CC(=O)NC2CC2)CC1.I. The van der Waals surface area contributed by atoms with E-state index in [-0.39, 0.29) is 29.9 Å². The molecule has 2 N–H and O–H groups in total. The summed E-state index contributed by atoms with van der Waals surface area (Å²) in [6, 6.07) is 0.435. The van der Waals surface area contributed by atoms with Crippen LogP contribution in [0, 0.1) is 0 Å². The van der Waals surface area contributed by atoms with E-state index in [0.717, 1.165) is 70.1 Å². The number of nitrogens with zero attached hydrogens (tertiary/aromatic N) is 5. The van der Waals surface area contributed by atoms with E-state index < -0.39 is 0 Å². The van der Waals surface area contributed by atoms with E-state index in [1.807, 2.05) is 11.7 Å². The molecule has 0 spiro atoms. The van der Waals surface area contributed by atoms with Crippen molar-refractivity contribution < 1.29 is 4.79 Å². The van der Waals surface area contributed by atoms with Crippen molar-refractivity contribution in [1.29, 1.82) is 0 Å². The maximum atomic E-state index is 12.1. The van der Waals surface area contributed by atoms with Gasteiger partial charge in [-0.25, -0.2) is 4.99 Å². The summed E-state index contributed by atoms with van der Waals surface area (Å²) in [6.07, 6.45) is 4.17. The second-order valence-electron chi connectivity index (χ2n) is 7.98. The molecular weight excluding hydrogens is 493 g/mol. The van der Waals surface area contributed by atoms with Crippen LogP contribution in [0.1, 0.15) is 50.6 Å². The molecule has 0 unspecified atom stereocenters. The van der Waals surface area contributed by atoms with E-state index in [9.17, 15) is 4.79 Å². The number of carbonyl (C=O) groups excluding carboxylic acids is 1. The van der Waals surface area contributed by atoms with Crippen molar-refractivity contribution >= 4 is 35.8 Å². The van der Waals surface area contributed by atoms with Gasteiger partial charge in [-0.1, -0.05) is 13.8 Å². The third kappa shape index (κ3) is 6.57. The number of hydrogen-bond acceptors (Lipinski definition) is 4. The number of aliphatic imine (C=N–C) groups is 1. The molecule has 1 aromatic rings. The standard InChI is InChI=1S/C21H37N7O.HI/c1-5-18-17(19(6-2)26(4)25-18)14-23-21(22-7-3)28-12-10-27(11-13-28)15-20(29)24-16-8-9-16;/h16H,5-15H2,1-4H3,(H,22,23)(H,24,29);1H. The summed E-state index contributed by atoms with van der Waals surface area (Å²) < 4.78 is 2.00. The highest BCUT2D eigenvalue weighted by Gasteiger charge is 2.26. The molecule has 170 valence electrons. The zero-order valence-electron chi connectivity index (χ0n) is 18.9. The average Bonchev–Trinajstić information content (AvgIpc) is 3.46. The van der Waals surface area contributed by atoms with Crippen LogP contribution in [0.2, 0.25) is 0 Å². The number of rotatable bonds is 8. The molecule has 9 heteroatoms. The zero-order chi connectivity index (χ0) is 20.8. The Bertz CT molecular complexity index is 721. The number of aryl methyl sites for hydroxylation is 2. The summed E-state index contributed by atoms with van der Waals surface area (Å²) in [5, 5.41) is 11.2. The maximum absolute atomic E-state index is 12.1. The Hall–Kier alpha value is -1.36. The molecule has 8 nitrogen and oxygen atoms in total. The van der Waals surface area contributed by atoms with Crippen LogP contribution in [0.4, 0.5) is 0 Å². The van der Waals surface area contributed by atoms with Crippen molar-refractivity contribution in [3.63, 3.8) is 0 Å². The number of aromatic nitrogens is 2. The first-order valence-corrected chi connectivity index (χ1v) is 11.1. The van der Waals surface area contributed by atoms with E-state index in [2.05, 4.69) is 46.3 Å². The fourth-order valence-corrected chi connectivity index (χ4v) is 3.97. The lowest BCUT2D eigenvalue weighted by Gasteiger charge is -2.36. The van der Waals surface area contributed by atoms with Gasteiger partial charge in [0.1, 0.15) is 0 Å². The smallest absolute Gasteiger partial charge is 0.234 e. The van der Waals surface area contributed by atoms with Crippen molar-refractivity contribution in [2.24, 2.45) is 12.0 Å². The minimum atomic E-state index is 0. The van der Waals surface area contributed by atoms with Crippen LogP contribution in [0.5, 0.6) is 0 Å². The average molecular weight is 531 g/mol. The van der Waals surface area contributed by atoms with Crippen LogP contribution in [0.3, 0.4) is 0 Å². The summed E-state index contributed by atoms with van der Waals surface area (Å²) in [5.74, 6) is 1.12. The first kappa shape index (κ1) is 24.9. The minimum Gasteiger partial charge on any atom is -0.357 e. The zero-order valence-corrected chi connectivity index (χ0v) is 21.2. The molecule has 1 aromatic heterocycles. The largest absolute Gasteiger partial charge is 0.357 e. The van der Waals surface area contributed by atoms with Crippen LogP contribution in [-0.4, -0.2) is 76.8 Å². The highest BCUT2D eigenvalue weighted by molar-refractivity contribution is 14.0. The Morgan fingerprint density at radius 2 is 1.83 bits per heavy atom. The van der Waals surface area contributed by atoms with E-state index in [4.69, 9.17) is 4.99 Å². The van der Waals surface area contributed by atoms with Gasteiger partial charge in [-0.3, -0.25) is 14.4 Å². The molecule has 2 heterocycles. The molecule has 0 bridgehead atoms. The molecule has 1 saturated carbocycles. The van der Waals surface area contributed by atoms with Gasteiger partial charge in [-0.2, -0.15) is 5.10 Å². The molecule has 0 atom stereocenters. The summed E-state index contributed by atoms with van der Waals surface area (Å²) in [6.45, 7) is 12.0. The molecule has 1 amide bonds. The second-order valence-corrected chi connectivity index (χ2v) is 7.98. The van der Waals surface area contributed by atoms with Crippen molar-refractivity contribution in [2.45, 2.75) is 59.0 Å². The van der Waals surface area contributed by atoms with Gasteiger partial charge in [0.15, 0.2) is 5.96 Å². The molecule has 1 saturated heterocycles. The lowest BCUT2D eigenvalue weighted by Crippen LogP contribution is -2.54. The van der Waals surface area contributed by atoms with Gasteiger partial charge in [0.25, 0.3) is 0 Å².